The molecule has 0 saturated heterocycles. The van der Waals surface area contributed by atoms with Crippen LogP contribution in [-0.4, -0.2) is 54.9 Å². The van der Waals surface area contributed by atoms with Crippen LogP contribution in [0.15, 0.2) is 42.5 Å². The van der Waals surface area contributed by atoms with E-state index in [9.17, 15) is 54.2 Å². The zero-order valence-corrected chi connectivity index (χ0v) is 20.2. The van der Waals surface area contributed by atoms with Crippen LogP contribution in [0, 0.1) is 6.92 Å². The molecule has 0 aliphatic heterocycles. The highest BCUT2D eigenvalue weighted by Gasteiger charge is 2.73. The molecule has 3 N–H and O–H groups in total. The Bertz CT molecular complexity index is 1200. The molecule has 1 atom stereocenters. The highest BCUT2D eigenvalue weighted by atomic mass is 19.4. The van der Waals surface area contributed by atoms with Crippen molar-refractivity contribution in [2.24, 2.45) is 0 Å². The molecule has 1 amide bonds. The number of amides is 1. The quantitative estimate of drug-likeness (QED) is 0.233. The minimum absolute atomic E-state index is 0.0758. The summed E-state index contributed by atoms with van der Waals surface area (Å²) in [6.07, 6.45) is -18.2. The van der Waals surface area contributed by atoms with Gasteiger partial charge < -0.3 is 25.2 Å². The van der Waals surface area contributed by atoms with E-state index in [1.165, 1.54) is 19.1 Å². The smallest absolute Gasteiger partial charge is 0.439 e. The van der Waals surface area contributed by atoms with Crippen LogP contribution >= 0.6 is 0 Å². The number of rotatable bonds is 8. The standard InChI is InChI=1S/C23H21F9N2O5/c1-4-39-16-8-6-5-7-14(16)17(35)34-20(22(27,28)29,23(30,31)32)33-15-10-9-13(11-12(15)2)19(37,18(36)38-3)21(24,25)26/h5-11,33,37H,4H2,1-3H3,(H,34,35)/t19-/m0/s1. The Balaban J connectivity index is 2.66. The number of hydrogen-bond acceptors (Lipinski definition) is 6. The predicted octanol–water partition coefficient (Wildman–Crippen LogP) is 4.98. The fourth-order valence-electron chi connectivity index (χ4n) is 3.42. The number of benzene rings is 2. The highest BCUT2D eigenvalue weighted by Crippen LogP contribution is 2.45. The monoisotopic (exact) mass is 576 g/mol. The van der Waals surface area contributed by atoms with Crippen molar-refractivity contribution in [3.05, 3.63) is 59.2 Å². The van der Waals surface area contributed by atoms with Crippen LogP contribution in [0.25, 0.3) is 0 Å². The van der Waals surface area contributed by atoms with Crippen LogP contribution in [0.2, 0.25) is 0 Å². The summed E-state index contributed by atoms with van der Waals surface area (Å²) in [5.74, 6) is -4.35. The summed E-state index contributed by atoms with van der Waals surface area (Å²) >= 11 is 0. The third kappa shape index (κ3) is 5.84. The summed E-state index contributed by atoms with van der Waals surface area (Å²) < 4.78 is 134. The lowest BCUT2D eigenvalue weighted by molar-refractivity contribution is -0.294. The van der Waals surface area contributed by atoms with E-state index in [1.54, 1.807) is 0 Å². The van der Waals surface area contributed by atoms with Crippen molar-refractivity contribution >= 4 is 17.6 Å². The van der Waals surface area contributed by atoms with Crippen LogP contribution in [0.4, 0.5) is 45.2 Å². The second kappa shape index (κ2) is 10.8. The number of aryl methyl sites for hydroxylation is 1. The lowest BCUT2D eigenvalue weighted by atomic mass is 9.91. The van der Waals surface area contributed by atoms with Gasteiger partial charge in [0.15, 0.2) is 0 Å². The maximum absolute atomic E-state index is 14.1. The number of esters is 1. The highest BCUT2D eigenvalue weighted by molar-refractivity contribution is 5.97. The molecule has 0 unspecified atom stereocenters. The average Bonchev–Trinajstić information content (AvgIpc) is 2.81. The van der Waals surface area contributed by atoms with Gasteiger partial charge in [-0.2, -0.15) is 39.5 Å². The first-order valence-corrected chi connectivity index (χ1v) is 10.7. The fraction of sp³-hybridized carbons (Fsp3) is 0.391. The van der Waals surface area contributed by atoms with Crippen molar-refractivity contribution in [2.75, 3.05) is 19.0 Å². The van der Waals surface area contributed by atoms with Gasteiger partial charge in [-0.3, -0.25) is 4.79 Å². The Morgan fingerprint density at radius 1 is 0.897 bits per heavy atom. The number of hydrogen-bond donors (Lipinski definition) is 3. The Labute approximate surface area is 214 Å². The summed E-state index contributed by atoms with van der Waals surface area (Å²) in [6.45, 7) is 2.19. The molecular formula is C23H21F9N2O5. The number of alkyl halides is 9. The first-order chi connectivity index (χ1) is 17.8. The van der Waals surface area contributed by atoms with Gasteiger partial charge >= 0.3 is 30.2 Å². The third-order valence-corrected chi connectivity index (χ3v) is 5.44. The van der Waals surface area contributed by atoms with Gasteiger partial charge in [-0.05, 0) is 37.6 Å². The first kappa shape index (κ1) is 31.5. The van der Waals surface area contributed by atoms with E-state index < -0.39 is 64.0 Å². The molecular weight excluding hydrogens is 555 g/mol. The minimum atomic E-state index is -6.26. The van der Waals surface area contributed by atoms with Crippen molar-refractivity contribution in [3.8, 4) is 5.75 Å². The molecule has 216 valence electrons. The zero-order valence-electron chi connectivity index (χ0n) is 20.2. The number of carbonyl (C=O) groups excluding carboxylic acids is 2. The van der Waals surface area contributed by atoms with Crippen LogP contribution < -0.4 is 15.4 Å². The fourth-order valence-corrected chi connectivity index (χ4v) is 3.42. The van der Waals surface area contributed by atoms with Crippen molar-refractivity contribution in [3.63, 3.8) is 0 Å². The molecule has 2 rings (SSSR count). The maximum Gasteiger partial charge on any atom is 0.439 e. The molecule has 2 aromatic carbocycles. The molecule has 0 bridgehead atoms. The molecule has 0 fully saturated rings. The number of carbonyl (C=O) groups is 2. The molecule has 2 aromatic rings. The molecule has 39 heavy (non-hydrogen) atoms. The van der Waals surface area contributed by atoms with Gasteiger partial charge in [-0.25, -0.2) is 4.79 Å². The van der Waals surface area contributed by atoms with Gasteiger partial charge in [0.1, 0.15) is 5.75 Å². The molecule has 0 saturated carbocycles. The average molecular weight is 576 g/mol. The summed E-state index contributed by atoms with van der Waals surface area (Å²) in [5, 5.41) is 12.1. The number of aliphatic hydroxyl groups is 1. The van der Waals surface area contributed by atoms with E-state index in [1.807, 2.05) is 0 Å². The molecule has 0 aromatic heterocycles. The molecule has 0 spiro atoms. The lowest BCUT2D eigenvalue weighted by Crippen LogP contribution is -2.72. The number of anilines is 1. The normalized spacial score (nSPS) is 14.3. The van der Waals surface area contributed by atoms with Gasteiger partial charge in [0, 0.05) is 11.3 Å². The largest absolute Gasteiger partial charge is 0.493 e. The lowest BCUT2D eigenvalue weighted by Gasteiger charge is -2.39. The Kier molecular flexibility index (Phi) is 8.75. The molecule has 0 aliphatic carbocycles. The predicted molar refractivity (Wildman–Crippen MR) is 117 cm³/mol. The molecule has 16 heteroatoms. The van der Waals surface area contributed by atoms with Crippen molar-refractivity contribution < 1.29 is 63.7 Å². The van der Waals surface area contributed by atoms with Crippen LogP contribution in [-0.2, 0) is 15.1 Å². The second-order valence-electron chi connectivity index (χ2n) is 7.98. The van der Waals surface area contributed by atoms with Crippen LogP contribution in [0.3, 0.4) is 0 Å². The Morgan fingerprint density at radius 2 is 1.46 bits per heavy atom. The molecule has 0 radical (unpaired) electrons. The first-order valence-electron chi connectivity index (χ1n) is 10.7. The second-order valence-corrected chi connectivity index (χ2v) is 7.98. The Morgan fingerprint density at radius 3 is 1.92 bits per heavy atom. The van der Waals surface area contributed by atoms with E-state index in [4.69, 9.17) is 4.74 Å². The van der Waals surface area contributed by atoms with Crippen molar-refractivity contribution in [1.29, 1.82) is 0 Å². The maximum atomic E-state index is 14.1. The summed E-state index contributed by atoms with van der Waals surface area (Å²) in [4.78, 5) is 24.4. The van der Waals surface area contributed by atoms with Gasteiger partial charge in [0.05, 0.1) is 19.3 Å². The van der Waals surface area contributed by atoms with Gasteiger partial charge in [0.25, 0.3) is 11.5 Å². The van der Waals surface area contributed by atoms with E-state index in [0.29, 0.717) is 19.2 Å². The number of nitrogens with one attached hydrogen (secondary N) is 2. The number of para-hydroxylation sites is 1. The van der Waals surface area contributed by atoms with Gasteiger partial charge in [-0.1, -0.05) is 24.3 Å². The van der Waals surface area contributed by atoms with Crippen molar-refractivity contribution in [2.45, 2.75) is 43.6 Å². The van der Waals surface area contributed by atoms with Gasteiger partial charge in [-0.15, -0.1) is 0 Å². The summed E-state index contributed by atoms with van der Waals surface area (Å²) in [7, 11) is 0.523. The number of halogens is 9. The summed E-state index contributed by atoms with van der Waals surface area (Å²) in [6, 6.07) is 5.52. The molecule has 0 heterocycles. The molecule has 7 nitrogen and oxygen atoms in total. The minimum Gasteiger partial charge on any atom is -0.493 e. The Hall–Kier alpha value is -3.69. The van der Waals surface area contributed by atoms with Crippen LogP contribution in [0.1, 0.15) is 28.4 Å². The topological polar surface area (TPSA) is 96.9 Å². The molecule has 0 aliphatic rings. The third-order valence-electron chi connectivity index (χ3n) is 5.44. The number of methoxy groups -OCH3 is 1. The summed E-state index contributed by atoms with van der Waals surface area (Å²) in [5.41, 5.74) is -13.1. The van der Waals surface area contributed by atoms with E-state index >= 15 is 0 Å². The van der Waals surface area contributed by atoms with E-state index in [0.717, 1.165) is 29.7 Å². The van der Waals surface area contributed by atoms with E-state index in [-0.39, 0.29) is 18.4 Å². The number of ether oxygens (including phenoxy) is 2. The SMILES string of the molecule is CCOc1ccccc1C(=O)NC(Nc1ccc([C@](O)(C(=O)OC)C(F)(F)F)cc1C)(C(F)(F)F)C(F)(F)F. The van der Waals surface area contributed by atoms with E-state index in [2.05, 4.69) is 4.74 Å². The zero-order chi connectivity index (χ0) is 30.0. The van der Waals surface area contributed by atoms with Crippen molar-refractivity contribution in [1.82, 2.24) is 5.32 Å². The van der Waals surface area contributed by atoms with Crippen LogP contribution in [0.5, 0.6) is 5.75 Å². The van der Waals surface area contributed by atoms with Gasteiger partial charge in [0.2, 0.25) is 0 Å².